The Balaban J connectivity index is 1.71. The van der Waals surface area contributed by atoms with Gasteiger partial charge in [0.1, 0.15) is 5.75 Å². The Kier molecular flexibility index (Phi) is 7.76. The molecule has 0 aromatic heterocycles. The molecular weight excluding hydrogens is 364 g/mol. The lowest BCUT2D eigenvalue weighted by atomic mass is 10.2. The van der Waals surface area contributed by atoms with Crippen molar-refractivity contribution >= 4 is 34.9 Å². The quantitative estimate of drug-likeness (QED) is 0.431. The van der Waals surface area contributed by atoms with Crippen LogP contribution in [0.2, 0.25) is 0 Å². The number of ether oxygens (including phenoxy) is 2. The van der Waals surface area contributed by atoms with Gasteiger partial charge in [-0.25, -0.2) is 4.79 Å². The summed E-state index contributed by atoms with van der Waals surface area (Å²) in [4.78, 5) is 23.5. The van der Waals surface area contributed by atoms with Crippen molar-refractivity contribution in [2.75, 3.05) is 19.0 Å². The van der Waals surface area contributed by atoms with Crippen molar-refractivity contribution in [1.82, 2.24) is 5.32 Å². The highest BCUT2D eigenvalue weighted by Crippen LogP contribution is 2.12. The molecule has 0 spiro atoms. The molecule has 0 saturated heterocycles. The van der Waals surface area contributed by atoms with Gasteiger partial charge in [-0.15, -0.1) is 0 Å². The highest BCUT2D eigenvalue weighted by atomic mass is 32.1. The Hall–Kier alpha value is -2.93. The maximum atomic E-state index is 12.0. The van der Waals surface area contributed by atoms with E-state index in [2.05, 4.69) is 15.4 Å². The van der Waals surface area contributed by atoms with Crippen LogP contribution in [0.4, 0.5) is 5.69 Å². The fraction of sp³-hybridized carbons (Fsp3) is 0.250. The summed E-state index contributed by atoms with van der Waals surface area (Å²) < 4.78 is 10.3. The highest BCUT2D eigenvalue weighted by molar-refractivity contribution is 7.80. The largest absolute Gasteiger partial charge is 0.494 e. The summed E-state index contributed by atoms with van der Waals surface area (Å²) >= 11 is 5.13. The number of benzene rings is 2. The van der Waals surface area contributed by atoms with Crippen LogP contribution >= 0.6 is 12.2 Å². The van der Waals surface area contributed by atoms with E-state index in [-0.39, 0.29) is 17.4 Å². The minimum Gasteiger partial charge on any atom is -0.494 e. The zero-order valence-corrected chi connectivity index (χ0v) is 16.1. The summed E-state index contributed by atoms with van der Waals surface area (Å²) in [5, 5.41) is 5.65. The number of thiocarbonyl (C=S) groups is 1. The van der Waals surface area contributed by atoms with Crippen LogP contribution < -0.4 is 15.4 Å². The molecule has 27 heavy (non-hydrogen) atoms. The molecule has 6 nitrogen and oxygen atoms in total. The first-order valence-electron chi connectivity index (χ1n) is 8.46. The van der Waals surface area contributed by atoms with E-state index in [9.17, 15) is 9.59 Å². The third-order valence-electron chi connectivity index (χ3n) is 3.63. The first-order chi connectivity index (χ1) is 13.0. The summed E-state index contributed by atoms with van der Waals surface area (Å²) in [6.07, 6.45) is 0.857. The van der Waals surface area contributed by atoms with Crippen molar-refractivity contribution in [3.05, 3.63) is 59.7 Å². The van der Waals surface area contributed by atoms with Gasteiger partial charge in [-0.3, -0.25) is 4.79 Å². The summed E-state index contributed by atoms with van der Waals surface area (Å²) in [7, 11) is 1.32. The molecule has 7 heteroatoms. The fourth-order valence-electron chi connectivity index (χ4n) is 2.25. The average molecular weight is 386 g/mol. The van der Waals surface area contributed by atoms with Gasteiger partial charge < -0.3 is 20.1 Å². The van der Waals surface area contributed by atoms with E-state index in [1.54, 1.807) is 24.3 Å². The van der Waals surface area contributed by atoms with E-state index in [1.165, 1.54) is 12.7 Å². The second-order valence-corrected chi connectivity index (χ2v) is 6.25. The lowest BCUT2D eigenvalue weighted by molar-refractivity contribution is -0.119. The molecule has 0 aliphatic heterocycles. The zero-order valence-electron chi connectivity index (χ0n) is 15.3. The maximum absolute atomic E-state index is 12.0. The standard InChI is InChI=1S/C20H22N2O4S/c1-14-8-10-17(11-9-14)26-12-4-7-18(23)22-20(27)21-16-6-3-5-15(13-16)19(24)25-2/h3,5-6,8-11,13H,4,7,12H2,1-2H3,(H2,21,22,23,27). The Labute approximate surface area is 163 Å². The zero-order chi connectivity index (χ0) is 19.6. The van der Waals surface area contributed by atoms with Gasteiger partial charge in [0.15, 0.2) is 5.11 Å². The molecule has 0 atom stereocenters. The van der Waals surface area contributed by atoms with Gasteiger partial charge in [0.05, 0.1) is 19.3 Å². The third kappa shape index (κ3) is 7.07. The van der Waals surface area contributed by atoms with Gasteiger partial charge in [0, 0.05) is 12.1 Å². The SMILES string of the molecule is COC(=O)c1cccc(NC(=S)NC(=O)CCCOc2ccc(C)cc2)c1. The molecule has 0 saturated carbocycles. The number of hydrogen-bond acceptors (Lipinski definition) is 5. The molecular formula is C20H22N2O4S. The minimum absolute atomic E-state index is 0.168. The van der Waals surface area contributed by atoms with Gasteiger partial charge >= 0.3 is 5.97 Å². The van der Waals surface area contributed by atoms with Gasteiger partial charge in [-0.1, -0.05) is 23.8 Å². The number of rotatable bonds is 7. The van der Waals surface area contributed by atoms with Gasteiger partial charge in [0.2, 0.25) is 5.91 Å². The summed E-state index contributed by atoms with van der Waals surface area (Å²) in [5.74, 6) is 0.134. The third-order valence-corrected chi connectivity index (χ3v) is 3.84. The smallest absolute Gasteiger partial charge is 0.337 e. The van der Waals surface area contributed by atoms with Crippen LogP contribution in [0, 0.1) is 6.92 Å². The molecule has 0 heterocycles. The molecule has 2 rings (SSSR count). The first kappa shape index (κ1) is 20.4. The molecule has 0 bridgehead atoms. The Morgan fingerprint density at radius 2 is 1.85 bits per heavy atom. The van der Waals surface area contributed by atoms with Crippen LogP contribution in [0.3, 0.4) is 0 Å². The van der Waals surface area contributed by atoms with E-state index in [0.29, 0.717) is 24.3 Å². The van der Waals surface area contributed by atoms with E-state index in [4.69, 9.17) is 17.0 Å². The van der Waals surface area contributed by atoms with Gasteiger partial charge in [-0.05, 0) is 55.9 Å². The van der Waals surface area contributed by atoms with Crippen molar-refractivity contribution in [3.63, 3.8) is 0 Å². The Morgan fingerprint density at radius 1 is 1.11 bits per heavy atom. The van der Waals surface area contributed by atoms with Crippen molar-refractivity contribution in [2.24, 2.45) is 0 Å². The van der Waals surface area contributed by atoms with Crippen LogP contribution in [-0.2, 0) is 9.53 Å². The minimum atomic E-state index is -0.442. The molecule has 0 aliphatic rings. The topological polar surface area (TPSA) is 76.7 Å². The molecule has 0 aliphatic carbocycles. The van der Waals surface area contributed by atoms with E-state index in [0.717, 1.165) is 5.75 Å². The molecule has 0 radical (unpaired) electrons. The van der Waals surface area contributed by atoms with E-state index >= 15 is 0 Å². The van der Waals surface area contributed by atoms with E-state index < -0.39 is 5.97 Å². The molecule has 0 unspecified atom stereocenters. The molecule has 142 valence electrons. The van der Waals surface area contributed by atoms with Crippen LogP contribution in [0.1, 0.15) is 28.8 Å². The molecule has 2 N–H and O–H groups in total. The van der Waals surface area contributed by atoms with Gasteiger partial charge in [0.25, 0.3) is 0 Å². The van der Waals surface area contributed by atoms with Crippen LogP contribution in [0.25, 0.3) is 0 Å². The normalized spacial score (nSPS) is 10.0. The predicted octanol–water partition coefficient (Wildman–Crippen LogP) is 3.45. The van der Waals surface area contributed by atoms with Crippen molar-refractivity contribution < 1.29 is 19.1 Å². The fourth-order valence-corrected chi connectivity index (χ4v) is 2.48. The molecule has 0 fully saturated rings. The number of hydrogen-bond donors (Lipinski definition) is 2. The number of carbonyl (C=O) groups excluding carboxylic acids is 2. The summed E-state index contributed by atoms with van der Waals surface area (Å²) in [6.45, 7) is 2.45. The average Bonchev–Trinajstić information content (AvgIpc) is 2.66. The lowest BCUT2D eigenvalue weighted by Crippen LogP contribution is -2.34. The number of methoxy groups -OCH3 is 1. The second kappa shape index (κ2) is 10.3. The van der Waals surface area contributed by atoms with Crippen LogP contribution in [0.5, 0.6) is 5.75 Å². The van der Waals surface area contributed by atoms with Crippen LogP contribution in [0.15, 0.2) is 48.5 Å². The number of amides is 1. The van der Waals surface area contributed by atoms with Crippen molar-refractivity contribution in [3.8, 4) is 5.75 Å². The van der Waals surface area contributed by atoms with E-state index in [1.807, 2.05) is 31.2 Å². The summed E-state index contributed by atoms with van der Waals surface area (Å²) in [6, 6.07) is 14.4. The monoisotopic (exact) mass is 386 g/mol. The predicted molar refractivity (Wildman–Crippen MR) is 108 cm³/mol. The van der Waals surface area contributed by atoms with Crippen molar-refractivity contribution in [2.45, 2.75) is 19.8 Å². The van der Waals surface area contributed by atoms with Crippen LogP contribution in [-0.4, -0.2) is 30.7 Å². The second-order valence-electron chi connectivity index (χ2n) is 5.84. The number of nitrogens with one attached hydrogen (secondary N) is 2. The Bertz CT molecular complexity index is 806. The molecule has 2 aromatic rings. The van der Waals surface area contributed by atoms with Crippen molar-refractivity contribution in [1.29, 1.82) is 0 Å². The molecule has 1 amide bonds. The highest BCUT2D eigenvalue weighted by Gasteiger charge is 2.08. The molecule has 2 aromatic carbocycles. The maximum Gasteiger partial charge on any atom is 0.337 e. The van der Waals surface area contributed by atoms with Gasteiger partial charge in [-0.2, -0.15) is 0 Å². The Morgan fingerprint density at radius 3 is 2.56 bits per heavy atom. The number of aryl methyl sites for hydroxylation is 1. The lowest BCUT2D eigenvalue weighted by Gasteiger charge is -2.11. The number of anilines is 1. The number of carbonyl (C=O) groups is 2. The first-order valence-corrected chi connectivity index (χ1v) is 8.87. The summed E-state index contributed by atoms with van der Waals surface area (Å²) in [5.41, 5.74) is 2.15. The number of esters is 1.